The number of carbonyl (C=O) groups excluding carboxylic acids is 2. The SMILES string of the molecule is CCN(CC(=O)Nc1ccccc1OC)CC(=O)c1c(N)n(C2CC2)c(=O)[nH]c1=O. The number of Topliss-reactive ketones (excluding diaryl/α,β-unsaturated/α-hetero) is 1. The van der Waals surface area contributed by atoms with Crippen molar-refractivity contribution < 1.29 is 14.3 Å². The molecule has 4 N–H and O–H groups in total. The van der Waals surface area contributed by atoms with Crippen LogP contribution in [0.2, 0.25) is 0 Å². The van der Waals surface area contributed by atoms with Gasteiger partial charge in [-0.3, -0.25) is 28.8 Å². The number of carbonyl (C=O) groups is 2. The van der Waals surface area contributed by atoms with Crippen molar-refractivity contribution in [3.63, 3.8) is 0 Å². The summed E-state index contributed by atoms with van der Waals surface area (Å²) in [6.45, 7) is 1.93. The quantitative estimate of drug-likeness (QED) is 0.510. The zero-order valence-electron chi connectivity index (χ0n) is 16.9. The number of aromatic nitrogens is 2. The second-order valence-corrected chi connectivity index (χ2v) is 7.10. The largest absolute Gasteiger partial charge is 0.495 e. The number of hydrogen-bond donors (Lipinski definition) is 3. The molecule has 0 aliphatic heterocycles. The lowest BCUT2D eigenvalue weighted by molar-refractivity contribution is -0.117. The lowest BCUT2D eigenvalue weighted by Gasteiger charge is -2.20. The highest BCUT2D eigenvalue weighted by Gasteiger charge is 2.30. The Bertz CT molecular complexity index is 1070. The van der Waals surface area contributed by atoms with Gasteiger partial charge in [-0.25, -0.2) is 4.79 Å². The van der Waals surface area contributed by atoms with Gasteiger partial charge in [-0.15, -0.1) is 0 Å². The normalized spacial score (nSPS) is 13.3. The first-order valence-electron chi connectivity index (χ1n) is 9.68. The van der Waals surface area contributed by atoms with Crippen LogP contribution in [0, 0.1) is 0 Å². The molecule has 1 aromatic heterocycles. The first kappa shape index (κ1) is 21.3. The van der Waals surface area contributed by atoms with E-state index in [-0.39, 0.29) is 36.4 Å². The highest BCUT2D eigenvalue weighted by molar-refractivity contribution is 6.01. The molecule has 1 aliphatic rings. The zero-order valence-corrected chi connectivity index (χ0v) is 16.9. The summed E-state index contributed by atoms with van der Waals surface area (Å²) in [5, 5.41) is 2.75. The van der Waals surface area contributed by atoms with Crippen LogP contribution >= 0.6 is 0 Å². The Kier molecular flexibility index (Phi) is 6.36. The topological polar surface area (TPSA) is 140 Å². The van der Waals surface area contributed by atoms with Gasteiger partial charge in [-0.1, -0.05) is 19.1 Å². The Balaban J connectivity index is 1.72. The molecule has 0 unspecified atom stereocenters. The van der Waals surface area contributed by atoms with Gasteiger partial charge in [0.05, 0.1) is 25.9 Å². The third-order valence-corrected chi connectivity index (χ3v) is 4.94. The number of methoxy groups -OCH3 is 1. The van der Waals surface area contributed by atoms with Crippen LogP contribution in [0.1, 0.15) is 36.2 Å². The molecule has 0 atom stereocenters. The maximum absolute atomic E-state index is 12.8. The maximum Gasteiger partial charge on any atom is 0.330 e. The van der Waals surface area contributed by atoms with E-state index >= 15 is 0 Å². The number of nitrogens with one attached hydrogen (secondary N) is 2. The Morgan fingerprint density at radius 2 is 1.97 bits per heavy atom. The van der Waals surface area contributed by atoms with Gasteiger partial charge in [0.1, 0.15) is 17.1 Å². The number of nitrogens with two attached hydrogens (primary N) is 1. The maximum atomic E-state index is 12.8. The summed E-state index contributed by atoms with van der Waals surface area (Å²) in [6.07, 6.45) is 1.54. The fourth-order valence-corrected chi connectivity index (χ4v) is 3.23. The van der Waals surface area contributed by atoms with Crippen molar-refractivity contribution in [2.75, 3.05) is 37.8 Å². The number of amides is 1. The van der Waals surface area contributed by atoms with Crippen LogP contribution in [0.25, 0.3) is 0 Å². The molecule has 0 bridgehead atoms. The number of ether oxygens (including phenoxy) is 1. The van der Waals surface area contributed by atoms with E-state index in [1.807, 2.05) is 0 Å². The minimum atomic E-state index is -0.811. The molecule has 0 saturated heterocycles. The van der Waals surface area contributed by atoms with E-state index < -0.39 is 17.0 Å². The van der Waals surface area contributed by atoms with Crippen LogP contribution in [-0.2, 0) is 4.79 Å². The van der Waals surface area contributed by atoms with Crippen LogP contribution < -0.4 is 27.0 Å². The standard InChI is InChI=1S/C20H25N5O5/c1-3-24(11-16(27)22-13-6-4-5-7-15(13)30-2)10-14(26)17-18(21)25(12-8-9-12)20(29)23-19(17)28/h4-7,12H,3,8-11,21H2,1-2H3,(H,22,27)(H,23,28,29). The van der Waals surface area contributed by atoms with Crippen molar-refractivity contribution in [3.05, 3.63) is 50.7 Å². The molecule has 1 aromatic carbocycles. The third kappa shape index (κ3) is 4.60. The van der Waals surface area contributed by atoms with Gasteiger partial charge in [0.15, 0.2) is 5.78 Å². The Morgan fingerprint density at radius 3 is 2.60 bits per heavy atom. The molecule has 1 aliphatic carbocycles. The molecular formula is C20H25N5O5. The number of benzene rings is 1. The number of nitrogens with zero attached hydrogens (tertiary/aromatic N) is 2. The Hall–Kier alpha value is -3.40. The van der Waals surface area contributed by atoms with Crippen molar-refractivity contribution >= 4 is 23.2 Å². The number of para-hydroxylation sites is 2. The number of hydrogen-bond acceptors (Lipinski definition) is 7. The third-order valence-electron chi connectivity index (χ3n) is 4.94. The van der Waals surface area contributed by atoms with Crippen LogP contribution in [0.3, 0.4) is 0 Å². The Morgan fingerprint density at radius 1 is 1.27 bits per heavy atom. The first-order chi connectivity index (χ1) is 14.3. The minimum Gasteiger partial charge on any atom is -0.495 e. The van der Waals surface area contributed by atoms with Crippen LogP contribution in [0.5, 0.6) is 5.75 Å². The van der Waals surface area contributed by atoms with E-state index in [0.29, 0.717) is 18.0 Å². The molecule has 160 valence electrons. The predicted molar refractivity (Wildman–Crippen MR) is 112 cm³/mol. The number of likely N-dealkylation sites (N-methyl/N-ethyl adjacent to an activating group) is 1. The van der Waals surface area contributed by atoms with E-state index in [9.17, 15) is 19.2 Å². The van der Waals surface area contributed by atoms with Gasteiger partial charge in [0.2, 0.25) is 5.91 Å². The predicted octanol–water partition coefficient (Wildman–Crippen LogP) is 0.606. The van der Waals surface area contributed by atoms with Gasteiger partial charge in [0, 0.05) is 6.04 Å². The average Bonchev–Trinajstić information content (AvgIpc) is 3.52. The van der Waals surface area contributed by atoms with Crippen LogP contribution in [0.15, 0.2) is 33.9 Å². The number of aromatic amines is 1. The molecule has 1 saturated carbocycles. The second-order valence-electron chi connectivity index (χ2n) is 7.10. The fraction of sp³-hybridized carbons (Fsp3) is 0.400. The van der Waals surface area contributed by atoms with E-state index in [1.54, 1.807) is 36.1 Å². The lowest BCUT2D eigenvalue weighted by Crippen LogP contribution is -2.41. The van der Waals surface area contributed by atoms with E-state index in [4.69, 9.17) is 10.5 Å². The van der Waals surface area contributed by atoms with Gasteiger partial charge in [0.25, 0.3) is 5.56 Å². The summed E-state index contributed by atoms with van der Waals surface area (Å²) in [7, 11) is 1.50. The molecule has 30 heavy (non-hydrogen) atoms. The number of H-pyrrole nitrogens is 1. The molecule has 2 aromatic rings. The van der Waals surface area contributed by atoms with Gasteiger partial charge >= 0.3 is 5.69 Å². The number of ketones is 1. The summed E-state index contributed by atoms with van der Waals surface area (Å²) >= 11 is 0. The van der Waals surface area contributed by atoms with E-state index in [1.165, 1.54) is 11.7 Å². The molecule has 10 heteroatoms. The van der Waals surface area contributed by atoms with Crippen molar-refractivity contribution in [3.8, 4) is 5.75 Å². The summed E-state index contributed by atoms with van der Waals surface area (Å²) in [5.41, 5.74) is 4.84. The molecule has 1 fully saturated rings. The number of rotatable bonds is 9. The zero-order chi connectivity index (χ0) is 21.8. The lowest BCUT2D eigenvalue weighted by atomic mass is 10.1. The van der Waals surface area contributed by atoms with Crippen LogP contribution in [-0.4, -0.2) is 52.9 Å². The van der Waals surface area contributed by atoms with Gasteiger partial charge in [-0.05, 0) is 31.5 Å². The second kappa shape index (κ2) is 8.95. The molecular weight excluding hydrogens is 390 g/mol. The van der Waals surface area contributed by atoms with Crippen molar-refractivity contribution in [1.82, 2.24) is 14.5 Å². The molecule has 0 spiro atoms. The summed E-state index contributed by atoms with van der Waals surface area (Å²) in [4.78, 5) is 53.2. The fourth-order valence-electron chi connectivity index (χ4n) is 3.23. The molecule has 10 nitrogen and oxygen atoms in total. The van der Waals surface area contributed by atoms with Gasteiger partial charge in [-0.2, -0.15) is 0 Å². The molecule has 3 rings (SSSR count). The monoisotopic (exact) mass is 415 g/mol. The van der Waals surface area contributed by atoms with Crippen molar-refractivity contribution in [1.29, 1.82) is 0 Å². The summed E-state index contributed by atoms with van der Waals surface area (Å²) < 4.78 is 6.47. The molecule has 0 radical (unpaired) electrons. The average molecular weight is 415 g/mol. The molecule has 1 amide bonds. The van der Waals surface area contributed by atoms with E-state index in [0.717, 1.165) is 12.8 Å². The first-order valence-corrected chi connectivity index (χ1v) is 9.68. The van der Waals surface area contributed by atoms with Gasteiger partial charge < -0.3 is 15.8 Å². The van der Waals surface area contributed by atoms with Crippen molar-refractivity contribution in [2.45, 2.75) is 25.8 Å². The Labute approximate surface area is 172 Å². The van der Waals surface area contributed by atoms with Crippen molar-refractivity contribution in [2.24, 2.45) is 0 Å². The summed E-state index contributed by atoms with van der Waals surface area (Å²) in [5.74, 6) is -0.480. The smallest absolute Gasteiger partial charge is 0.330 e. The highest BCUT2D eigenvalue weighted by atomic mass is 16.5. The highest BCUT2D eigenvalue weighted by Crippen LogP contribution is 2.35. The number of anilines is 2. The number of nitrogen functional groups attached to an aromatic ring is 1. The van der Waals surface area contributed by atoms with Crippen LogP contribution in [0.4, 0.5) is 11.5 Å². The summed E-state index contributed by atoms with van der Waals surface area (Å²) in [6, 6.07) is 6.90. The minimum absolute atomic E-state index is 0.0691. The molecule has 1 heterocycles. The van der Waals surface area contributed by atoms with E-state index in [2.05, 4.69) is 10.3 Å².